The number of hydrogen-bond donors (Lipinski definition) is 0. The van der Waals surface area contributed by atoms with Crippen LogP contribution in [0.5, 0.6) is 0 Å². The molecule has 10 aromatic rings. The first-order chi connectivity index (χ1) is 25.7. The Hall–Kier alpha value is -6.60. The summed E-state index contributed by atoms with van der Waals surface area (Å²) in [6.45, 7) is 2.06. The van der Waals surface area contributed by atoms with Gasteiger partial charge in [-0.25, -0.2) is 0 Å². The molecule has 3 aromatic heterocycles. The molecule has 0 aliphatic rings. The lowest BCUT2D eigenvalue weighted by Gasteiger charge is -2.12. The molecule has 52 heavy (non-hydrogen) atoms. The average Bonchev–Trinajstić information content (AvgIpc) is 3.86. The highest BCUT2D eigenvalue weighted by Gasteiger charge is 2.24. The second-order valence-corrected chi connectivity index (χ2v) is 14.3. The lowest BCUT2D eigenvalue weighted by Crippen LogP contribution is -1.97. The smallest absolute Gasteiger partial charge is 0.105 e. The number of fused-ring (bicyclic) bond motifs is 8. The number of rotatable bonds is 5. The Morgan fingerprint density at radius 3 is 2.06 bits per heavy atom. The summed E-state index contributed by atoms with van der Waals surface area (Å²) in [5, 5.41) is 6.10. The van der Waals surface area contributed by atoms with Crippen LogP contribution in [0.25, 0.3) is 92.6 Å². The predicted molar refractivity (Wildman–Crippen MR) is 224 cm³/mol. The van der Waals surface area contributed by atoms with E-state index in [0.717, 1.165) is 33.5 Å². The molecule has 0 radical (unpaired) electrons. The topological polar surface area (TPSA) is 9.86 Å². The summed E-state index contributed by atoms with van der Waals surface area (Å²) < 4.78 is 7.22. The Morgan fingerprint density at radius 2 is 1.25 bits per heavy atom. The molecule has 2 nitrogen and oxygen atoms in total. The molecule has 0 atom stereocenters. The molecule has 0 aliphatic heterocycles. The minimum Gasteiger partial charge on any atom is -0.309 e. The first-order valence-corrected chi connectivity index (χ1v) is 18.4. The van der Waals surface area contributed by atoms with Crippen molar-refractivity contribution < 1.29 is 0 Å². The summed E-state index contributed by atoms with van der Waals surface area (Å²) in [4.78, 5) is 0. The minimum absolute atomic E-state index is 0.865. The molecule has 3 heteroatoms. The molecule has 0 saturated heterocycles. The second-order valence-electron chi connectivity index (χ2n) is 13.2. The molecule has 0 spiro atoms. The van der Waals surface area contributed by atoms with Crippen LogP contribution >= 0.6 is 11.3 Å². The zero-order valence-corrected chi connectivity index (χ0v) is 29.4. The fourth-order valence-electron chi connectivity index (χ4n) is 8.08. The SMILES string of the molecule is C#Cc1c(/C=C\C)c2cc(-c3ccc4c(c3)c3ccccc3n4-c3cccc(-c4ccccc4)c3)c3sc4ccccc4c3c2n1-c1ccccc1. The minimum atomic E-state index is 0.865. The number of benzene rings is 7. The van der Waals surface area contributed by atoms with Gasteiger partial charge in [0.15, 0.2) is 0 Å². The maximum Gasteiger partial charge on any atom is 0.105 e. The summed E-state index contributed by atoms with van der Waals surface area (Å²) in [5.74, 6) is 3.09. The molecule has 10 rings (SSSR count). The van der Waals surface area contributed by atoms with Gasteiger partial charge in [0.25, 0.3) is 0 Å². The summed E-state index contributed by atoms with van der Waals surface area (Å²) in [6.07, 6.45) is 10.6. The largest absolute Gasteiger partial charge is 0.309 e. The van der Waals surface area contributed by atoms with E-state index in [1.807, 2.05) is 11.3 Å². The van der Waals surface area contributed by atoms with Crippen molar-refractivity contribution in [2.75, 3.05) is 0 Å². The normalized spacial score (nSPS) is 11.8. The van der Waals surface area contributed by atoms with E-state index in [1.165, 1.54) is 64.2 Å². The van der Waals surface area contributed by atoms with E-state index in [0.29, 0.717) is 0 Å². The van der Waals surface area contributed by atoms with Crippen LogP contribution in [-0.4, -0.2) is 9.13 Å². The molecule has 0 fully saturated rings. The van der Waals surface area contributed by atoms with Gasteiger partial charge in [-0.05, 0) is 78.2 Å². The van der Waals surface area contributed by atoms with Gasteiger partial charge in [0.05, 0.1) is 16.6 Å². The van der Waals surface area contributed by atoms with E-state index in [4.69, 9.17) is 6.42 Å². The number of nitrogens with zero attached hydrogens (tertiary/aromatic N) is 2. The number of allylic oxidation sites excluding steroid dienone is 1. The van der Waals surface area contributed by atoms with Crippen molar-refractivity contribution in [2.24, 2.45) is 0 Å². The molecule has 0 saturated carbocycles. The monoisotopic (exact) mass is 680 g/mol. The van der Waals surface area contributed by atoms with E-state index in [9.17, 15) is 0 Å². The summed E-state index contributed by atoms with van der Waals surface area (Å²) in [7, 11) is 0. The van der Waals surface area contributed by atoms with Gasteiger partial charge in [0.1, 0.15) is 5.69 Å². The molecule has 7 aromatic carbocycles. The van der Waals surface area contributed by atoms with Gasteiger partial charge in [-0.1, -0.05) is 121 Å². The maximum atomic E-state index is 6.37. The van der Waals surface area contributed by atoms with Crippen LogP contribution in [0.1, 0.15) is 18.2 Å². The first kappa shape index (κ1) is 30.2. The van der Waals surface area contributed by atoms with Crippen molar-refractivity contribution in [1.82, 2.24) is 9.13 Å². The number of para-hydroxylation sites is 2. The van der Waals surface area contributed by atoms with Crippen LogP contribution in [-0.2, 0) is 0 Å². The van der Waals surface area contributed by atoms with Crippen molar-refractivity contribution in [3.63, 3.8) is 0 Å². The van der Waals surface area contributed by atoms with Crippen LogP contribution in [0.2, 0.25) is 0 Å². The van der Waals surface area contributed by atoms with Gasteiger partial charge in [-0.2, -0.15) is 0 Å². The Balaban J connectivity index is 1.28. The molecule has 0 unspecified atom stereocenters. The predicted octanol–water partition coefficient (Wildman–Crippen LogP) is 13.4. The zero-order chi connectivity index (χ0) is 34.8. The van der Waals surface area contributed by atoms with Crippen LogP contribution in [0.3, 0.4) is 0 Å². The van der Waals surface area contributed by atoms with Gasteiger partial charge < -0.3 is 9.13 Å². The summed E-state index contributed by atoms with van der Waals surface area (Å²) in [6, 6.07) is 56.9. The standard InChI is InChI=1S/C49H32N2S/c1-3-16-37-42-31-40(49-47(39-24-12-14-26-46(39)52-49)48(42)51(43(37)4-2)35-20-9-6-10-21-35)34-27-28-45-41(30-34)38-23-11-13-25-44(38)50(45)36-22-15-19-33(29-36)32-17-7-5-8-18-32/h2-3,5-31H,1H3/b16-3-. The third kappa shape index (κ3) is 4.52. The Kier molecular flexibility index (Phi) is 6.99. The molecule has 0 bridgehead atoms. The fourth-order valence-corrected chi connectivity index (χ4v) is 9.32. The molecule has 0 N–H and O–H groups in total. The first-order valence-electron chi connectivity index (χ1n) is 17.6. The maximum absolute atomic E-state index is 6.37. The third-order valence-corrected chi connectivity index (χ3v) is 11.5. The zero-order valence-electron chi connectivity index (χ0n) is 28.5. The van der Waals surface area contributed by atoms with Crippen molar-refractivity contribution in [1.29, 1.82) is 0 Å². The highest BCUT2D eigenvalue weighted by Crippen LogP contribution is 2.48. The van der Waals surface area contributed by atoms with Crippen LogP contribution in [0, 0.1) is 12.3 Å². The van der Waals surface area contributed by atoms with Crippen LogP contribution in [0.4, 0.5) is 0 Å². The van der Waals surface area contributed by atoms with Gasteiger partial charge in [0.2, 0.25) is 0 Å². The van der Waals surface area contributed by atoms with E-state index < -0.39 is 0 Å². The van der Waals surface area contributed by atoms with Crippen molar-refractivity contribution in [3.05, 3.63) is 175 Å². The van der Waals surface area contributed by atoms with Gasteiger partial charge in [-0.3, -0.25) is 0 Å². The van der Waals surface area contributed by atoms with Gasteiger partial charge >= 0.3 is 0 Å². The fraction of sp³-hybridized carbons (Fsp3) is 0.0204. The molecule has 244 valence electrons. The molecule has 3 heterocycles. The van der Waals surface area contributed by atoms with Crippen molar-refractivity contribution in [3.8, 4) is 46.0 Å². The number of hydrogen-bond acceptors (Lipinski definition) is 1. The summed E-state index contributed by atoms with van der Waals surface area (Å²) >= 11 is 1.86. The number of terminal acetylenes is 1. The van der Waals surface area contributed by atoms with Crippen molar-refractivity contribution >= 4 is 70.3 Å². The number of aromatic nitrogens is 2. The second kappa shape index (κ2) is 12.0. The lowest BCUT2D eigenvalue weighted by molar-refractivity contribution is 1.11. The highest BCUT2D eigenvalue weighted by atomic mass is 32.1. The molecular weight excluding hydrogens is 649 g/mol. The number of thiophene rings is 1. The average molecular weight is 681 g/mol. The molecular formula is C49H32N2S. The van der Waals surface area contributed by atoms with Gasteiger partial charge in [0, 0.05) is 58.8 Å². The Bertz CT molecular complexity index is 3070. The van der Waals surface area contributed by atoms with Crippen LogP contribution in [0.15, 0.2) is 164 Å². The molecule has 0 aliphatic carbocycles. The van der Waals surface area contributed by atoms with E-state index in [2.05, 4.69) is 192 Å². The van der Waals surface area contributed by atoms with Crippen molar-refractivity contribution in [2.45, 2.75) is 6.92 Å². The third-order valence-electron chi connectivity index (χ3n) is 10.3. The quantitative estimate of drug-likeness (QED) is 0.160. The van der Waals surface area contributed by atoms with E-state index >= 15 is 0 Å². The summed E-state index contributed by atoms with van der Waals surface area (Å²) in [5.41, 5.74) is 12.5. The van der Waals surface area contributed by atoms with E-state index in [1.54, 1.807) is 0 Å². The highest BCUT2D eigenvalue weighted by molar-refractivity contribution is 7.26. The Morgan fingerprint density at radius 1 is 0.558 bits per heavy atom. The Labute approximate surface area is 306 Å². The van der Waals surface area contributed by atoms with Gasteiger partial charge in [-0.15, -0.1) is 17.8 Å². The van der Waals surface area contributed by atoms with E-state index in [-0.39, 0.29) is 0 Å². The lowest BCUT2D eigenvalue weighted by atomic mass is 9.97. The molecule has 0 amide bonds. The van der Waals surface area contributed by atoms with Crippen LogP contribution < -0.4 is 0 Å².